The molecule has 1 fully saturated rings. The summed E-state index contributed by atoms with van der Waals surface area (Å²) < 4.78 is 13.0. The van der Waals surface area contributed by atoms with Gasteiger partial charge in [-0.1, -0.05) is 26.7 Å². The Morgan fingerprint density at radius 3 is 2.94 bits per heavy atom. The topological polar surface area (TPSA) is 42.0 Å². The first kappa shape index (κ1) is 13.0. The number of aromatic nitrogens is 1. The van der Waals surface area contributed by atoms with Gasteiger partial charge in [0.05, 0.1) is 0 Å². The molecule has 0 spiro atoms. The summed E-state index contributed by atoms with van der Waals surface area (Å²) in [5.41, 5.74) is 0.341. The van der Waals surface area contributed by atoms with E-state index in [2.05, 4.69) is 24.1 Å². The van der Waals surface area contributed by atoms with Crippen molar-refractivity contribution in [3.63, 3.8) is 0 Å². The van der Waals surface area contributed by atoms with E-state index in [0.29, 0.717) is 17.4 Å². The molecule has 98 valence electrons. The van der Waals surface area contributed by atoms with E-state index in [9.17, 15) is 9.18 Å². The Morgan fingerprint density at radius 2 is 2.22 bits per heavy atom. The number of carbonyl (C=O) groups is 1. The minimum Gasteiger partial charge on any atom is -0.349 e. The number of hydrogen-bond acceptors (Lipinski definition) is 2. The first-order valence-corrected chi connectivity index (χ1v) is 6.50. The third-order valence-electron chi connectivity index (χ3n) is 4.01. The Hall–Kier alpha value is -1.45. The Balaban J connectivity index is 2.03. The van der Waals surface area contributed by atoms with Crippen molar-refractivity contribution in [1.29, 1.82) is 0 Å². The molecule has 0 bridgehead atoms. The summed E-state index contributed by atoms with van der Waals surface area (Å²) in [6.07, 6.45) is 4.68. The third kappa shape index (κ3) is 2.86. The second-order valence-corrected chi connectivity index (χ2v) is 5.21. The Morgan fingerprint density at radius 1 is 1.44 bits per heavy atom. The second-order valence-electron chi connectivity index (χ2n) is 5.21. The van der Waals surface area contributed by atoms with Crippen LogP contribution in [0.25, 0.3) is 0 Å². The van der Waals surface area contributed by atoms with Gasteiger partial charge in [-0.25, -0.2) is 4.98 Å². The van der Waals surface area contributed by atoms with Crippen molar-refractivity contribution >= 4 is 5.91 Å². The van der Waals surface area contributed by atoms with Crippen LogP contribution in [0.2, 0.25) is 0 Å². The molecule has 1 aromatic rings. The van der Waals surface area contributed by atoms with Crippen molar-refractivity contribution < 1.29 is 9.18 Å². The zero-order chi connectivity index (χ0) is 13.1. The van der Waals surface area contributed by atoms with E-state index in [4.69, 9.17) is 0 Å². The molecule has 1 heterocycles. The summed E-state index contributed by atoms with van der Waals surface area (Å²) in [7, 11) is 0. The van der Waals surface area contributed by atoms with Gasteiger partial charge in [-0.15, -0.1) is 0 Å². The van der Waals surface area contributed by atoms with Gasteiger partial charge in [0, 0.05) is 23.9 Å². The van der Waals surface area contributed by atoms with Crippen LogP contribution in [0.1, 0.15) is 43.5 Å². The summed E-state index contributed by atoms with van der Waals surface area (Å²) in [4.78, 5) is 15.5. The van der Waals surface area contributed by atoms with Crippen molar-refractivity contribution in [2.75, 3.05) is 0 Å². The predicted molar refractivity (Wildman–Crippen MR) is 67.6 cm³/mol. The van der Waals surface area contributed by atoms with Crippen molar-refractivity contribution in [1.82, 2.24) is 10.3 Å². The Bertz CT molecular complexity index is 436. The van der Waals surface area contributed by atoms with Gasteiger partial charge in [0.15, 0.2) is 0 Å². The van der Waals surface area contributed by atoms with Crippen molar-refractivity contribution in [3.05, 3.63) is 29.8 Å². The molecule has 1 saturated carbocycles. The quantitative estimate of drug-likeness (QED) is 0.820. The van der Waals surface area contributed by atoms with E-state index < -0.39 is 5.95 Å². The molecule has 1 aliphatic rings. The molecule has 3 nitrogen and oxygen atoms in total. The average Bonchev–Trinajstić information content (AvgIpc) is 2.35. The molecule has 1 N–H and O–H groups in total. The highest BCUT2D eigenvalue weighted by Gasteiger charge is 2.28. The molecular formula is C14H19FN2O. The molecule has 4 heteroatoms. The second kappa shape index (κ2) is 5.46. The van der Waals surface area contributed by atoms with Gasteiger partial charge in [0.2, 0.25) is 5.95 Å². The molecular weight excluding hydrogens is 231 g/mol. The van der Waals surface area contributed by atoms with Crippen LogP contribution in [0.4, 0.5) is 4.39 Å². The lowest BCUT2D eigenvalue weighted by Gasteiger charge is -2.34. The molecule has 1 aromatic heterocycles. The number of rotatable bonds is 2. The lowest BCUT2D eigenvalue weighted by molar-refractivity contribution is 0.0890. The largest absolute Gasteiger partial charge is 0.349 e. The van der Waals surface area contributed by atoms with Crippen LogP contribution in [-0.4, -0.2) is 16.9 Å². The van der Waals surface area contributed by atoms with Crippen molar-refractivity contribution in [2.24, 2.45) is 11.8 Å². The molecule has 0 aromatic carbocycles. The van der Waals surface area contributed by atoms with E-state index in [1.165, 1.54) is 24.8 Å². The minimum atomic E-state index is -0.618. The first-order valence-electron chi connectivity index (χ1n) is 6.50. The maximum Gasteiger partial charge on any atom is 0.251 e. The van der Waals surface area contributed by atoms with Crippen LogP contribution in [0, 0.1) is 17.8 Å². The van der Waals surface area contributed by atoms with E-state index in [0.717, 1.165) is 12.8 Å². The number of amides is 1. The molecule has 0 saturated heterocycles. The van der Waals surface area contributed by atoms with Gasteiger partial charge in [0.25, 0.3) is 5.91 Å². The summed E-state index contributed by atoms with van der Waals surface area (Å²) in [6.45, 7) is 4.39. The summed E-state index contributed by atoms with van der Waals surface area (Å²) in [5.74, 6) is 0.266. The highest BCUT2D eigenvalue weighted by Crippen LogP contribution is 2.29. The monoisotopic (exact) mass is 250 g/mol. The highest BCUT2D eigenvalue weighted by atomic mass is 19.1. The van der Waals surface area contributed by atoms with Gasteiger partial charge in [-0.2, -0.15) is 4.39 Å². The molecule has 0 unspecified atom stereocenters. The molecule has 0 aliphatic heterocycles. The van der Waals surface area contributed by atoms with E-state index in [1.54, 1.807) is 0 Å². The van der Waals surface area contributed by atoms with Gasteiger partial charge in [0.1, 0.15) is 0 Å². The number of nitrogens with one attached hydrogen (secondary N) is 1. The zero-order valence-corrected chi connectivity index (χ0v) is 10.8. The SMILES string of the molecule is C[C@H]1[C@H](C)CCC[C@H]1NC(=O)c1ccnc(F)c1. The number of carbonyl (C=O) groups excluding carboxylic acids is 1. The molecule has 2 rings (SSSR count). The van der Waals surface area contributed by atoms with E-state index >= 15 is 0 Å². The smallest absolute Gasteiger partial charge is 0.251 e. The van der Waals surface area contributed by atoms with E-state index in [1.807, 2.05) is 0 Å². The molecule has 18 heavy (non-hydrogen) atoms. The zero-order valence-electron chi connectivity index (χ0n) is 10.8. The number of pyridine rings is 1. The molecule has 0 radical (unpaired) electrons. The number of halogens is 1. The summed E-state index contributed by atoms with van der Waals surface area (Å²) >= 11 is 0. The van der Waals surface area contributed by atoms with Crippen LogP contribution in [0.5, 0.6) is 0 Å². The van der Waals surface area contributed by atoms with Gasteiger partial charge in [-0.3, -0.25) is 4.79 Å². The van der Waals surface area contributed by atoms with Crippen LogP contribution in [0.3, 0.4) is 0 Å². The fraction of sp³-hybridized carbons (Fsp3) is 0.571. The van der Waals surface area contributed by atoms with Gasteiger partial charge in [-0.05, 0) is 24.3 Å². The fourth-order valence-corrected chi connectivity index (χ4v) is 2.58. The van der Waals surface area contributed by atoms with Gasteiger partial charge >= 0.3 is 0 Å². The first-order chi connectivity index (χ1) is 8.58. The maximum atomic E-state index is 13.0. The number of nitrogens with zero attached hydrogens (tertiary/aromatic N) is 1. The van der Waals surface area contributed by atoms with Crippen LogP contribution >= 0.6 is 0 Å². The Kier molecular flexibility index (Phi) is 3.94. The van der Waals surface area contributed by atoms with Crippen LogP contribution in [-0.2, 0) is 0 Å². The standard InChI is InChI=1S/C14H19FN2O/c1-9-4-3-5-12(10(9)2)17-14(18)11-6-7-16-13(15)8-11/h6-10,12H,3-5H2,1-2H3,(H,17,18)/t9-,10+,12-/m1/s1. The normalized spacial score (nSPS) is 27.8. The maximum absolute atomic E-state index is 13.0. The van der Waals surface area contributed by atoms with Crippen LogP contribution in [0.15, 0.2) is 18.3 Å². The van der Waals surface area contributed by atoms with Crippen molar-refractivity contribution in [2.45, 2.75) is 39.2 Å². The highest BCUT2D eigenvalue weighted by molar-refractivity contribution is 5.94. The molecule has 1 amide bonds. The molecule has 1 aliphatic carbocycles. The summed E-state index contributed by atoms with van der Waals surface area (Å²) in [6, 6.07) is 2.90. The van der Waals surface area contributed by atoms with Crippen LogP contribution < -0.4 is 5.32 Å². The lowest BCUT2D eigenvalue weighted by atomic mass is 9.78. The van der Waals surface area contributed by atoms with Gasteiger partial charge < -0.3 is 5.32 Å². The minimum absolute atomic E-state index is 0.192. The predicted octanol–water partition coefficient (Wildman–Crippen LogP) is 2.78. The molecule has 3 atom stereocenters. The third-order valence-corrected chi connectivity index (χ3v) is 4.01. The van der Waals surface area contributed by atoms with Crippen molar-refractivity contribution in [3.8, 4) is 0 Å². The fourth-order valence-electron chi connectivity index (χ4n) is 2.58. The average molecular weight is 250 g/mol. The summed E-state index contributed by atoms with van der Waals surface area (Å²) in [5, 5.41) is 3.01. The lowest BCUT2D eigenvalue weighted by Crippen LogP contribution is -2.43. The Labute approximate surface area is 107 Å². The van der Waals surface area contributed by atoms with E-state index in [-0.39, 0.29) is 11.9 Å². The number of hydrogen-bond donors (Lipinski definition) is 1.